The first-order chi connectivity index (χ1) is 7.85. The number of hydrogen-bond donors (Lipinski definition) is 2. The van der Waals surface area contributed by atoms with Gasteiger partial charge in [-0.15, -0.1) is 0 Å². The zero-order chi connectivity index (χ0) is 11.3. The fourth-order valence-electron chi connectivity index (χ4n) is 3.49. The van der Waals surface area contributed by atoms with Gasteiger partial charge in [-0.3, -0.25) is 0 Å². The molecule has 0 amide bonds. The summed E-state index contributed by atoms with van der Waals surface area (Å²) < 4.78 is 0. The summed E-state index contributed by atoms with van der Waals surface area (Å²) >= 11 is 0. The lowest BCUT2D eigenvalue weighted by atomic mass is 9.83. The van der Waals surface area contributed by atoms with Crippen LogP contribution in [-0.4, -0.2) is 18.1 Å². The van der Waals surface area contributed by atoms with Crippen LogP contribution >= 0.6 is 0 Å². The van der Waals surface area contributed by atoms with Crippen molar-refractivity contribution in [2.24, 2.45) is 5.73 Å². The van der Waals surface area contributed by atoms with E-state index < -0.39 is 0 Å². The average molecular weight is 224 g/mol. The standard InChI is InChI=1S/C14H28N2/c15-12-14(16-13-8-4-5-9-13)10-6-2-1-3-7-11-14/h13,16H,1-12,15H2. The molecule has 0 aromatic carbocycles. The molecular formula is C14H28N2. The second-order valence-corrected chi connectivity index (χ2v) is 5.88. The molecule has 0 radical (unpaired) electrons. The van der Waals surface area contributed by atoms with Crippen LogP contribution in [0.4, 0.5) is 0 Å². The molecule has 0 heterocycles. The molecule has 16 heavy (non-hydrogen) atoms. The summed E-state index contributed by atoms with van der Waals surface area (Å²) in [5.41, 5.74) is 6.36. The van der Waals surface area contributed by atoms with Crippen molar-refractivity contribution < 1.29 is 0 Å². The zero-order valence-electron chi connectivity index (χ0n) is 10.6. The number of hydrogen-bond acceptors (Lipinski definition) is 2. The van der Waals surface area contributed by atoms with Gasteiger partial charge in [-0.1, -0.05) is 44.9 Å². The molecule has 0 aromatic heterocycles. The van der Waals surface area contributed by atoms with Crippen molar-refractivity contribution in [1.29, 1.82) is 0 Å². The molecule has 2 heteroatoms. The lowest BCUT2D eigenvalue weighted by Gasteiger charge is -2.38. The van der Waals surface area contributed by atoms with Crippen molar-refractivity contribution in [2.75, 3.05) is 6.54 Å². The van der Waals surface area contributed by atoms with Gasteiger partial charge >= 0.3 is 0 Å². The smallest absolute Gasteiger partial charge is 0.0306 e. The fourth-order valence-corrected chi connectivity index (χ4v) is 3.49. The molecule has 2 rings (SSSR count). The van der Waals surface area contributed by atoms with E-state index in [-0.39, 0.29) is 5.54 Å². The highest BCUT2D eigenvalue weighted by Gasteiger charge is 2.31. The van der Waals surface area contributed by atoms with E-state index in [1.807, 2.05) is 0 Å². The third kappa shape index (κ3) is 3.21. The Balaban J connectivity index is 1.91. The van der Waals surface area contributed by atoms with E-state index in [0.29, 0.717) is 0 Å². The molecule has 2 fully saturated rings. The molecule has 94 valence electrons. The van der Waals surface area contributed by atoms with Crippen LogP contribution in [0, 0.1) is 0 Å². The molecule has 0 unspecified atom stereocenters. The second kappa shape index (κ2) is 6.02. The molecule has 3 N–H and O–H groups in total. The van der Waals surface area contributed by atoms with E-state index in [1.165, 1.54) is 70.6 Å². The van der Waals surface area contributed by atoms with Gasteiger partial charge in [0.05, 0.1) is 0 Å². The van der Waals surface area contributed by atoms with Gasteiger partial charge in [0, 0.05) is 18.1 Å². The van der Waals surface area contributed by atoms with Crippen molar-refractivity contribution in [2.45, 2.75) is 82.2 Å². The van der Waals surface area contributed by atoms with Gasteiger partial charge in [-0.25, -0.2) is 0 Å². The van der Waals surface area contributed by atoms with Gasteiger partial charge in [0.25, 0.3) is 0 Å². The van der Waals surface area contributed by atoms with Crippen LogP contribution in [0.5, 0.6) is 0 Å². The Bertz CT molecular complexity index is 189. The molecule has 0 spiro atoms. The number of rotatable bonds is 3. The molecule has 0 aliphatic heterocycles. The summed E-state index contributed by atoms with van der Waals surface area (Å²) in [5, 5.41) is 3.92. The SMILES string of the molecule is NCC1(NC2CCCC2)CCCCCCC1. The number of nitrogens with one attached hydrogen (secondary N) is 1. The van der Waals surface area contributed by atoms with Gasteiger partial charge in [0.15, 0.2) is 0 Å². The monoisotopic (exact) mass is 224 g/mol. The summed E-state index contributed by atoms with van der Waals surface area (Å²) in [5.74, 6) is 0. The molecule has 0 bridgehead atoms. The third-order valence-electron chi connectivity index (χ3n) is 4.57. The van der Waals surface area contributed by atoms with Crippen LogP contribution in [0.2, 0.25) is 0 Å². The summed E-state index contributed by atoms with van der Waals surface area (Å²) in [4.78, 5) is 0. The highest BCUT2D eigenvalue weighted by atomic mass is 15.0. The summed E-state index contributed by atoms with van der Waals surface area (Å²) in [6.07, 6.45) is 15.2. The first-order valence-electron chi connectivity index (χ1n) is 7.32. The quantitative estimate of drug-likeness (QED) is 0.773. The Morgan fingerprint density at radius 1 is 0.875 bits per heavy atom. The Labute approximate surface area is 100 Å². The van der Waals surface area contributed by atoms with Crippen LogP contribution in [0.1, 0.15) is 70.6 Å². The van der Waals surface area contributed by atoms with Gasteiger partial charge in [0.1, 0.15) is 0 Å². The van der Waals surface area contributed by atoms with Crippen molar-refractivity contribution in [3.05, 3.63) is 0 Å². The predicted octanol–water partition coefficient (Wildman–Crippen LogP) is 2.96. The van der Waals surface area contributed by atoms with Gasteiger partial charge in [0.2, 0.25) is 0 Å². The highest BCUT2D eigenvalue weighted by Crippen LogP contribution is 2.29. The lowest BCUT2D eigenvalue weighted by Crippen LogP contribution is -2.54. The summed E-state index contributed by atoms with van der Waals surface area (Å²) in [7, 11) is 0. The second-order valence-electron chi connectivity index (χ2n) is 5.88. The molecule has 2 nitrogen and oxygen atoms in total. The van der Waals surface area contributed by atoms with Crippen molar-refractivity contribution in [3.63, 3.8) is 0 Å². The molecule has 2 saturated carbocycles. The molecule has 2 aliphatic carbocycles. The Kier molecular flexibility index (Phi) is 4.66. The lowest BCUT2D eigenvalue weighted by molar-refractivity contribution is 0.230. The van der Waals surface area contributed by atoms with Crippen LogP contribution in [0.25, 0.3) is 0 Å². The molecule has 0 atom stereocenters. The van der Waals surface area contributed by atoms with Crippen LogP contribution < -0.4 is 11.1 Å². The first-order valence-corrected chi connectivity index (χ1v) is 7.32. The molecule has 0 aromatic rings. The van der Waals surface area contributed by atoms with Crippen LogP contribution in [0.15, 0.2) is 0 Å². The largest absolute Gasteiger partial charge is 0.329 e. The van der Waals surface area contributed by atoms with E-state index in [2.05, 4.69) is 5.32 Å². The maximum absolute atomic E-state index is 6.07. The topological polar surface area (TPSA) is 38.0 Å². The maximum Gasteiger partial charge on any atom is 0.0306 e. The minimum Gasteiger partial charge on any atom is -0.329 e. The Morgan fingerprint density at radius 2 is 1.44 bits per heavy atom. The van der Waals surface area contributed by atoms with E-state index in [0.717, 1.165) is 12.6 Å². The van der Waals surface area contributed by atoms with Crippen molar-refractivity contribution >= 4 is 0 Å². The summed E-state index contributed by atoms with van der Waals surface area (Å²) in [6, 6.07) is 0.767. The van der Waals surface area contributed by atoms with Gasteiger partial charge < -0.3 is 11.1 Å². The molecular weight excluding hydrogens is 196 g/mol. The van der Waals surface area contributed by atoms with Crippen LogP contribution in [-0.2, 0) is 0 Å². The minimum absolute atomic E-state index is 0.287. The maximum atomic E-state index is 6.07. The first kappa shape index (κ1) is 12.4. The third-order valence-corrected chi connectivity index (χ3v) is 4.57. The predicted molar refractivity (Wildman–Crippen MR) is 69.5 cm³/mol. The average Bonchev–Trinajstić information content (AvgIpc) is 2.75. The van der Waals surface area contributed by atoms with Gasteiger partial charge in [-0.2, -0.15) is 0 Å². The van der Waals surface area contributed by atoms with Gasteiger partial charge in [-0.05, 0) is 25.7 Å². The van der Waals surface area contributed by atoms with Crippen molar-refractivity contribution in [1.82, 2.24) is 5.32 Å². The Hall–Kier alpha value is -0.0800. The number of nitrogens with two attached hydrogens (primary N) is 1. The van der Waals surface area contributed by atoms with E-state index in [4.69, 9.17) is 5.73 Å². The fraction of sp³-hybridized carbons (Fsp3) is 1.00. The molecule has 0 saturated heterocycles. The minimum atomic E-state index is 0.287. The van der Waals surface area contributed by atoms with E-state index in [1.54, 1.807) is 0 Å². The van der Waals surface area contributed by atoms with E-state index in [9.17, 15) is 0 Å². The van der Waals surface area contributed by atoms with Crippen molar-refractivity contribution in [3.8, 4) is 0 Å². The molecule has 2 aliphatic rings. The van der Waals surface area contributed by atoms with Crippen LogP contribution in [0.3, 0.4) is 0 Å². The highest BCUT2D eigenvalue weighted by molar-refractivity contribution is 4.93. The normalized spacial score (nSPS) is 27.6. The Morgan fingerprint density at radius 3 is 2.00 bits per heavy atom. The zero-order valence-corrected chi connectivity index (χ0v) is 10.6. The summed E-state index contributed by atoms with van der Waals surface area (Å²) in [6.45, 7) is 0.837. The van der Waals surface area contributed by atoms with E-state index >= 15 is 0 Å².